The van der Waals surface area contributed by atoms with Gasteiger partial charge < -0.3 is 20.5 Å². The zero-order valence-electron chi connectivity index (χ0n) is 19.3. The number of esters is 1. The SMILES string of the molecule is COCCOC(=O)c1c(NC(=O)Cn2c(=O)c3ccccc3n3nc(C)cc23)sc(C(N)=O)c1C. The number of fused-ring (bicyclic) bond motifs is 3. The van der Waals surface area contributed by atoms with Gasteiger partial charge in [0.1, 0.15) is 23.8 Å². The van der Waals surface area contributed by atoms with Crippen LogP contribution in [0.5, 0.6) is 0 Å². The van der Waals surface area contributed by atoms with Crippen LogP contribution in [0.4, 0.5) is 5.00 Å². The Morgan fingerprint density at radius 2 is 1.91 bits per heavy atom. The summed E-state index contributed by atoms with van der Waals surface area (Å²) in [5.74, 6) is -2.04. The van der Waals surface area contributed by atoms with Gasteiger partial charge in [-0.15, -0.1) is 11.3 Å². The lowest BCUT2D eigenvalue weighted by atomic mass is 10.1. The van der Waals surface area contributed by atoms with Crippen LogP contribution in [0.2, 0.25) is 0 Å². The van der Waals surface area contributed by atoms with Gasteiger partial charge >= 0.3 is 5.97 Å². The predicted octanol–water partition coefficient (Wildman–Crippen LogP) is 1.87. The van der Waals surface area contributed by atoms with Crippen LogP contribution < -0.4 is 16.6 Å². The maximum atomic E-state index is 13.2. The Morgan fingerprint density at radius 3 is 2.63 bits per heavy atom. The first kappa shape index (κ1) is 24.1. The van der Waals surface area contributed by atoms with Gasteiger partial charge in [0.15, 0.2) is 0 Å². The van der Waals surface area contributed by atoms with E-state index in [0.29, 0.717) is 27.8 Å². The Morgan fingerprint density at radius 1 is 1.17 bits per heavy atom. The van der Waals surface area contributed by atoms with Crippen molar-refractivity contribution in [3.05, 3.63) is 62.4 Å². The maximum absolute atomic E-state index is 13.2. The number of primary amides is 1. The van der Waals surface area contributed by atoms with Crippen LogP contribution in [0, 0.1) is 13.8 Å². The summed E-state index contributed by atoms with van der Waals surface area (Å²) < 4.78 is 13.0. The van der Waals surface area contributed by atoms with E-state index < -0.39 is 17.8 Å². The minimum absolute atomic E-state index is 0.00502. The van der Waals surface area contributed by atoms with Gasteiger partial charge in [0.05, 0.1) is 33.6 Å². The normalized spacial score (nSPS) is 11.2. The molecule has 0 unspecified atom stereocenters. The molecule has 0 spiro atoms. The summed E-state index contributed by atoms with van der Waals surface area (Å²) in [6, 6.07) is 8.69. The van der Waals surface area contributed by atoms with Crippen molar-refractivity contribution in [2.24, 2.45) is 5.73 Å². The third kappa shape index (κ3) is 4.53. The number of methoxy groups -OCH3 is 1. The number of nitrogens with one attached hydrogen (secondary N) is 1. The molecule has 0 fully saturated rings. The lowest BCUT2D eigenvalue weighted by molar-refractivity contribution is -0.116. The number of aryl methyl sites for hydroxylation is 1. The highest BCUT2D eigenvalue weighted by atomic mass is 32.1. The Kier molecular flexibility index (Phi) is 6.67. The Bertz CT molecular complexity index is 1530. The quantitative estimate of drug-likeness (QED) is 0.279. The van der Waals surface area contributed by atoms with Crippen molar-refractivity contribution in [3.8, 4) is 0 Å². The third-order valence-electron chi connectivity index (χ3n) is 5.35. The molecule has 182 valence electrons. The summed E-state index contributed by atoms with van der Waals surface area (Å²) in [6.07, 6.45) is 0. The summed E-state index contributed by atoms with van der Waals surface area (Å²) >= 11 is 0.872. The van der Waals surface area contributed by atoms with Gasteiger partial charge in [-0.25, -0.2) is 9.31 Å². The van der Waals surface area contributed by atoms with Crippen molar-refractivity contribution in [1.82, 2.24) is 14.2 Å². The first-order valence-corrected chi connectivity index (χ1v) is 11.4. The number of hydrogen-bond acceptors (Lipinski definition) is 8. The fraction of sp³-hybridized carbons (Fsp3) is 0.261. The van der Waals surface area contributed by atoms with Gasteiger partial charge in [0, 0.05) is 13.2 Å². The number of rotatable bonds is 8. The molecule has 3 heterocycles. The Hall–Kier alpha value is -4.03. The topological polar surface area (TPSA) is 147 Å². The van der Waals surface area contributed by atoms with Gasteiger partial charge in [-0.05, 0) is 31.5 Å². The van der Waals surface area contributed by atoms with E-state index in [-0.39, 0.29) is 40.8 Å². The molecule has 2 amide bonds. The lowest BCUT2D eigenvalue weighted by Gasteiger charge is -2.12. The predicted molar refractivity (Wildman–Crippen MR) is 130 cm³/mol. The minimum Gasteiger partial charge on any atom is -0.460 e. The molecule has 0 bridgehead atoms. The molecular formula is C23H23N5O6S. The van der Waals surface area contributed by atoms with Crippen LogP contribution in [0.15, 0.2) is 35.1 Å². The number of nitrogens with zero attached hydrogens (tertiary/aromatic N) is 3. The third-order valence-corrected chi connectivity index (χ3v) is 6.57. The first-order chi connectivity index (χ1) is 16.7. The summed E-state index contributed by atoms with van der Waals surface area (Å²) in [5, 5.41) is 7.60. The van der Waals surface area contributed by atoms with Crippen molar-refractivity contribution in [2.75, 3.05) is 25.6 Å². The molecule has 11 nitrogen and oxygen atoms in total. The van der Waals surface area contributed by atoms with Gasteiger partial charge in [-0.1, -0.05) is 12.1 Å². The van der Waals surface area contributed by atoms with Crippen LogP contribution in [-0.2, 0) is 20.8 Å². The van der Waals surface area contributed by atoms with E-state index in [9.17, 15) is 19.2 Å². The molecule has 3 N–H and O–H groups in total. The van der Waals surface area contributed by atoms with E-state index >= 15 is 0 Å². The zero-order valence-corrected chi connectivity index (χ0v) is 20.1. The fourth-order valence-electron chi connectivity index (χ4n) is 3.78. The Balaban J connectivity index is 1.70. The summed E-state index contributed by atoms with van der Waals surface area (Å²) in [6.45, 7) is 3.17. The van der Waals surface area contributed by atoms with Crippen molar-refractivity contribution >= 4 is 50.7 Å². The van der Waals surface area contributed by atoms with Gasteiger partial charge in [-0.3, -0.25) is 19.0 Å². The van der Waals surface area contributed by atoms with Crippen molar-refractivity contribution in [1.29, 1.82) is 0 Å². The highest BCUT2D eigenvalue weighted by Crippen LogP contribution is 2.33. The molecule has 0 saturated carbocycles. The van der Waals surface area contributed by atoms with E-state index in [1.165, 1.54) is 11.7 Å². The number of para-hydroxylation sites is 1. The van der Waals surface area contributed by atoms with E-state index in [1.807, 2.05) is 0 Å². The molecule has 0 aliphatic rings. The van der Waals surface area contributed by atoms with Gasteiger partial charge in [0.2, 0.25) is 5.91 Å². The number of thiophene rings is 1. The second-order valence-electron chi connectivity index (χ2n) is 7.77. The van der Waals surface area contributed by atoms with Crippen LogP contribution >= 0.6 is 11.3 Å². The average Bonchev–Trinajstić information content (AvgIpc) is 3.36. The molecule has 0 radical (unpaired) electrons. The molecule has 0 aliphatic carbocycles. The smallest absolute Gasteiger partial charge is 0.341 e. The number of anilines is 1. The van der Waals surface area contributed by atoms with Crippen molar-refractivity contribution < 1.29 is 23.9 Å². The summed E-state index contributed by atoms with van der Waals surface area (Å²) in [4.78, 5) is 50.9. The molecule has 1 aromatic carbocycles. The second-order valence-corrected chi connectivity index (χ2v) is 8.79. The highest BCUT2D eigenvalue weighted by Gasteiger charge is 2.26. The Labute approximate surface area is 203 Å². The summed E-state index contributed by atoms with van der Waals surface area (Å²) in [7, 11) is 1.47. The van der Waals surface area contributed by atoms with Crippen molar-refractivity contribution in [3.63, 3.8) is 0 Å². The number of nitrogens with two attached hydrogens (primary N) is 1. The molecule has 0 atom stereocenters. The summed E-state index contributed by atoms with van der Waals surface area (Å²) in [5.41, 5.74) is 7.16. The van der Waals surface area contributed by atoms with Crippen LogP contribution in [0.25, 0.3) is 16.6 Å². The molecule has 4 aromatic rings. The fourth-order valence-corrected chi connectivity index (χ4v) is 4.84. The van der Waals surface area contributed by atoms with Crippen LogP contribution in [-0.4, -0.2) is 52.3 Å². The molecular weight excluding hydrogens is 474 g/mol. The van der Waals surface area contributed by atoms with Crippen LogP contribution in [0.1, 0.15) is 31.3 Å². The van der Waals surface area contributed by atoms with Crippen LogP contribution in [0.3, 0.4) is 0 Å². The number of carbonyl (C=O) groups is 3. The number of aromatic nitrogens is 3. The molecule has 3 aromatic heterocycles. The van der Waals surface area contributed by atoms with E-state index in [4.69, 9.17) is 15.2 Å². The van der Waals surface area contributed by atoms with Crippen molar-refractivity contribution in [2.45, 2.75) is 20.4 Å². The number of benzene rings is 1. The molecule has 0 aliphatic heterocycles. The van der Waals surface area contributed by atoms with E-state index in [1.54, 1.807) is 48.7 Å². The zero-order chi connectivity index (χ0) is 25.3. The number of ether oxygens (including phenoxy) is 2. The first-order valence-electron chi connectivity index (χ1n) is 10.6. The lowest BCUT2D eigenvalue weighted by Crippen LogP contribution is -2.29. The molecule has 12 heteroatoms. The minimum atomic E-state index is -0.735. The van der Waals surface area contributed by atoms with E-state index in [0.717, 1.165) is 11.3 Å². The van der Waals surface area contributed by atoms with Gasteiger partial charge in [-0.2, -0.15) is 5.10 Å². The maximum Gasteiger partial charge on any atom is 0.341 e. The van der Waals surface area contributed by atoms with E-state index in [2.05, 4.69) is 10.4 Å². The highest BCUT2D eigenvalue weighted by molar-refractivity contribution is 7.18. The van der Waals surface area contributed by atoms with Gasteiger partial charge in [0.25, 0.3) is 11.5 Å². The number of carbonyl (C=O) groups excluding carboxylic acids is 3. The molecule has 4 rings (SSSR count). The number of amides is 2. The second kappa shape index (κ2) is 9.68. The number of hydrogen-bond donors (Lipinski definition) is 2. The average molecular weight is 498 g/mol. The molecule has 35 heavy (non-hydrogen) atoms. The molecule has 0 saturated heterocycles. The largest absolute Gasteiger partial charge is 0.460 e. The monoisotopic (exact) mass is 497 g/mol. The standard InChI is InChI=1S/C23H23N5O6S/c1-12-10-17-27(22(31)14-6-4-5-7-15(14)28(17)26-12)11-16(29)25-21-18(23(32)34-9-8-33-3)13(2)19(35-21)20(24)30/h4-7,10H,8-9,11H2,1-3H3,(H2,24,30)(H,25,29).